The molecule has 3 nitrogen and oxygen atoms in total. The molecule has 2 heterocycles. The van der Waals surface area contributed by atoms with Gasteiger partial charge in [0, 0.05) is 22.8 Å². The molecule has 0 aliphatic heterocycles. The number of pyridine rings is 1. The molecule has 0 atom stereocenters. The molecule has 18 heavy (non-hydrogen) atoms. The van der Waals surface area contributed by atoms with Crippen LogP contribution in [0.1, 0.15) is 25.7 Å². The Morgan fingerprint density at radius 3 is 2.94 bits per heavy atom. The maximum atomic E-state index is 5.97. The van der Waals surface area contributed by atoms with Crippen molar-refractivity contribution in [2.24, 2.45) is 11.1 Å². The van der Waals surface area contributed by atoms with Crippen LogP contribution in [0.15, 0.2) is 23.7 Å². The number of nitrogens with one attached hydrogen (secondary N) is 1. The molecular formula is C14H19N3S. The van der Waals surface area contributed by atoms with E-state index >= 15 is 0 Å². The van der Waals surface area contributed by atoms with Crippen molar-refractivity contribution >= 4 is 27.2 Å². The fourth-order valence-electron chi connectivity index (χ4n) is 2.88. The van der Waals surface area contributed by atoms with Crippen LogP contribution < -0.4 is 11.1 Å². The summed E-state index contributed by atoms with van der Waals surface area (Å²) in [7, 11) is 0. The first-order chi connectivity index (χ1) is 8.83. The monoisotopic (exact) mass is 261 g/mol. The minimum atomic E-state index is 0.292. The lowest BCUT2D eigenvalue weighted by Gasteiger charge is -2.27. The molecular weight excluding hydrogens is 242 g/mol. The van der Waals surface area contributed by atoms with Gasteiger partial charge in [0.2, 0.25) is 0 Å². The summed E-state index contributed by atoms with van der Waals surface area (Å²) in [5.41, 5.74) is 6.26. The molecule has 0 aromatic carbocycles. The third kappa shape index (κ3) is 2.10. The number of thiophene rings is 1. The van der Waals surface area contributed by atoms with Gasteiger partial charge in [-0.2, -0.15) is 0 Å². The molecule has 1 saturated carbocycles. The van der Waals surface area contributed by atoms with Crippen molar-refractivity contribution in [1.29, 1.82) is 0 Å². The Morgan fingerprint density at radius 1 is 1.33 bits per heavy atom. The minimum absolute atomic E-state index is 0.292. The van der Waals surface area contributed by atoms with E-state index < -0.39 is 0 Å². The summed E-state index contributed by atoms with van der Waals surface area (Å²) in [6.07, 6.45) is 7.00. The molecule has 2 aromatic heterocycles. The van der Waals surface area contributed by atoms with Crippen molar-refractivity contribution in [1.82, 2.24) is 4.98 Å². The summed E-state index contributed by atoms with van der Waals surface area (Å²) in [6.45, 7) is 1.73. The second-order valence-electron chi connectivity index (χ2n) is 5.26. The van der Waals surface area contributed by atoms with Crippen LogP contribution in [0.25, 0.3) is 10.1 Å². The van der Waals surface area contributed by atoms with Crippen LogP contribution in [-0.2, 0) is 0 Å². The normalized spacial score (nSPS) is 18.3. The highest BCUT2D eigenvalue weighted by Gasteiger charge is 2.32. The number of fused-ring (bicyclic) bond motifs is 1. The van der Waals surface area contributed by atoms with Gasteiger partial charge >= 0.3 is 0 Å². The Morgan fingerprint density at radius 2 is 2.17 bits per heavy atom. The summed E-state index contributed by atoms with van der Waals surface area (Å²) < 4.78 is 1.29. The zero-order valence-electron chi connectivity index (χ0n) is 10.5. The van der Waals surface area contributed by atoms with Crippen LogP contribution in [0, 0.1) is 5.41 Å². The molecule has 1 aliphatic rings. The van der Waals surface area contributed by atoms with Gasteiger partial charge in [-0.1, -0.05) is 12.8 Å². The Kier molecular flexibility index (Phi) is 3.22. The van der Waals surface area contributed by atoms with E-state index in [-0.39, 0.29) is 0 Å². The van der Waals surface area contributed by atoms with E-state index in [0.717, 1.165) is 18.9 Å². The van der Waals surface area contributed by atoms with Crippen LogP contribution in [0.3, 0.4) is 0 Å². The molecule has 4 heteroatoms. The Hall–Kier alpha value is -1.13. The summed E-state index contributed by atoms with van der Waals surface area (Å²) in [4.78, 5) is 4.46. The first kappa shape index (κ1) is 11.9. The van der Waals surface area contributed by atoms with Gasteiger partial charge in [-0.15, -0.1) is 11.3 Å². The van der Waals surface area contributed by atoms with Gasteiger partial charge in [0.1, 0.15) is 5.82 Å². The maximum absolute atomic E-state index is 5.97. The number of nitrogens with zero attached hydrogens (tertiary/aromatic N) is 1. The van der Waals surface area contributed by atoms with E-state index in [1.165, 1.54) is 35.8 Å². The largest absolute Gasteiger partial charge is 0.369 e. The highest BCUT2D eigenvalue weighted by Crippen LogP contribution is 2.37. The van der Waals surface area contributed by atoms with Gasteiger partial charge in [0.25, 0.3) is 0 Å². The fraction of sp³-hybridized carbons (Fsp3) is 0.500. The summed E-state index contributed by atoms with van der Waals surface area (Å²) in [5.74, 6) is 1.01. The van der Waals surface area contributed by atoms with Crippen molar-refractivity contribution < 1.29 is 0 Å². The van der Waals surface area contributed by atoms with Crippen LogP contribution in [0.4, 0.5) is 5.82 Å². The molecule has 1 aliphatic carbocycles. The standard InChI is InChI=1S/C14H19N3S/c15-9-14(5-1-2-6-14)10-17-13-11-4-8-18-12(11)3-7-16-13/h3-4,7-8H,1-2,5-6,9-10,15H2,(H,16,17). The van der Waals surface area contributed by atoms with Gasteiger partial charge in [0.05, 0.1) is 0 Å². The minimum Gasteiger partial charge on any atom is -0.369 e. The Bertz CT molecular complexity index is 529. The van der Waals surface area contributed by atoms with Gasteiger partial charge < -0.3 is 11.1 Å². The number of hydrogen-bond donors (Lipinski definition) is 2. The zero-order valence-corrected chi connectivity index (χ0v) is 11.3. The van der Waals surface area contributed by atoms with Crippen LogP contribution in [-0.4, -0.2) is 18.1 Å². The van der Waals surface area contributed by atoms with Crippen molar-refractivity contribution in [3.05, 3.63) is 23.7 Å². The highest BCUT2D eigenvalue weighted by molar-refractivity contribution is 7.17. The molecule has 0 bridgehead atoms. The molecule has 0 saturated heterocycles. The fourth-order valence-corrected chi connectivity index (χ4v) is 3.67. The van der Waals surface area contributed by atoms with Gasteiger partial charge in [-0.05, 0) is 42.3 Å². The number of rotatable bonds is 4. The average molecular weight is 261 g/mol. The maximum Gasteiger partial charge on any atom is 0.134 e. The molecule has 0 unspecified atom stereocenters. The molecule has 0 amide bonds. The van der Waals surface area contributed by atoms with Crippen molar-refractivity contribution in [2.45, 2.75) is 25.7 Å². The van der Waals surface area contributed by atoms with Crippen LogP contribution >= 0.6 is 11.3 Å². The molecule has 96 valence electrons. The quantitative estimate of drug-likeness (QED) is 0.888. The topological polar surface area (TPSA) is 50.9 Å². The number of nitrogens with two attached hydrogens (primary N) is 1. The predicted molar refractivity (Wildman–Crippen MR) is 78.1 cm³/mol. The third-order valence-corrected chi connectivity index (χ3v) is 4.99. The van der Waals surface area contributed by atoms with E-state index in [1.54, 1.807) is 11.3 Å². The van der Waals surface area contributed by atoms with E-state index in [2.05, 4.69) is 27.8 Å². The zero-order chi connectivity index (χ0) is 12.4. The number of aromatic nitrogens is 1. The van der Waals surface area contributed by atoms with E-state index in [9.17, 15) is 0 Å². The molecule has 0 radical (unpaired) electrons. The van der Waals surface area contributed by atoms with Crippen molar-refractivity contribution in [3.63, 3.8) is 0 Å². The molecule has 0 spiro atoms. The first-order valence-corrected chi connectivity index (χ1v) is 7.47. The molecule has 2 aromatic rings. The summed E-state index contributed by atoms with van der Waals surface area (Å²) >= 11 is 1.76. The molecule has 3 rings (SSSR count). The van der Waals surface area contributed by atoms with E-state index in [0.29, 0.717) is 5.41 Å². The lowest BCUT2D eigenvalue weighted by atomic mass is 9.86. The van der Waals surface area contributed by atoms with E-state index in [1.807, 2.05) is 6.20 Å². The van der Waals surface area contributed by atoms with Crippen LogP contribution in [0.5, 0.6) is 0 Å². The van der Waals surface area contributed by atoms with Gasteiger partial charge in [-0.25, -0.2) is 4.98 Å². The van der Waals surface area contributed by atoms with Crippen molar-refractivity contribution in [3.8, 4) is 0 Å². The average Bonchev–Trinajstić information content (AvgIpc) is 3.06. The molecule has 1 fully saturated rings. The number of hydrogen-bond acceptors (Lipinski definition) is 4. The molecule has 3 N–H and O–H groups in total. The van der Waals surface area contributed by atoms with Gasteiger partial charge in [-0.3, -0.25) is 0 Å². The second-order valence-corrected chi connectivity index (χ2v) is 6.20. The van der Waals surface area contributed by atoms with Crippen molar-refractivity contribution in [2.75, 3.05) is 18.4 Å². The van der Waals surface area contributed by atoms with E-state index in [4.69, 9.17) is 5.73 Å². The summed E-state index contributed by atoms with van der Waals surface area (Å²) in [6, 6.07) is 4.21. The third-order valence-electron chi connectivity index (χ3n) is 4.11. The van der Waals surface area contributed by atoms with Crippen LogP contribution in [0.2, 0.25) is 0 Å². The van der Waals surface area contributed by atoms with Gasteiger partial charge in [0.15, 0.2) is 0 Å². The lowest BCUT2D eigenvalue weighted by molar-refractivity contribution is 0.332. The highest BCUT2D eigenvalue weighted by atomic mass is 32.1. The Labute approximate surface area is 111 Å². The first-order valence-electron chi connectivity index (χ1n) is 6.59. The second kappa shape index (κ2) is 4.86. The Balaban J connectivity index is 1.78. The smallest absolute Gasteiger partial charge is 0.134 e. The SMILES string of the molecule is NCC1(CNc2nccc3sccc23)CCCC1. The predicted octanol–water partition coefficient (Wildman–Crippen LogP) is 3.23. The number of anilines is 1. The summed E-state index contributed by atoms with van der Waals surface area (Å²) in [5, 5.41) is 6.87. The lowest BCUT2D eigenvalue weighted by Crippen LogP contribution is -2.34.